The van der Waals surface area contributed by atoms with E-state index in [0.29, 0.717) is 0 Å². The Hall–Kier alpha value is -1.30. The molecule has 0 nitrogen and oxygen atoms in total. The van der Waals surface area contributed by atoms with Crippen LogP contribution in [0.3, 0.4) is 0 Å². The third-order valence-corrected chi connectivity index (χ3v) is 1.86. The molecular formula is C13H16. The van der Waals surface area contributed by atoms with Gasteiger partial charge in [0.05, 0.1) is 0 Å². The second-order valence-electron chi connectivity index (χ2n) is 2.67. The van der Waals surface area contributed by atoms with Gasteiger partial charge in [-0.05, 0) is 17.5 Å². The van der Waals surface area contributed by atoms with E-state index in [9.17, 15) is 0 Å². The van der Waals surface area contributed by atoms with E-state index in [2.05, 4.69) is 48.6 Å². The fourth-order valence-corrected chi connectivity index (χ4v) is 1.28. The summed E-state index contributed by atoms with van der Waals surface area (Å²) in [5.74, 6) is 0. The van der Waals surface area contributed by atoms with Gasteiger partial charge < -0.3 is 0 Å². The van der Waals surface area contributed by atoms with E-state index in [-0.39, 0.29) is 0 Å². The standard InChI is InChI=1S/C11H10.C2H6/c1-2-6-10-8-4-5-9-11(10)7-3-1;1-2/h2-9H,1H2;1-2H3. The summed E-state index contributed by atoms with van der Waals surface area (Å²) < 4.78 is 0. The molecule has 2 rings (SSSR count). The lowest BCUT2D eigenvalue weighted by atomic mass is 10.1. The molecule has 0 saturated heterocycles. The van der Waals surface area contributed by atoms with Gasteiger partial charge in [-0.3, -0.25) is 0 Å². The number of fused-ring (bicyclic) bond motifs is 1. The molecule has 68 valence electrons. The van der Waals surface area contributed by atoms with Crippen LogP contribution in [0.2, 0.25) is 0 Å². The van der Waals surface area contributed by atoms with Crippen LogP contribution < -0.4 is 0 Å². The first-order chi connectivity index (χ1) is 6.47. The lowest BCUT2D eigenvalue weighted by Gasteiger charge is -1.96. The van der Waals surface area contributed by atoms with Crippen molar-refractivity contribution in [2.45, 2.75) is 20.3 Å². The van der Waals surface area contributed by atoms with Crippen LogP contribution in [-0.2, 0) is 0 Å². The van der Waals surface area contributed by atoms with Crippen molar-refractivity contribution in [2.75, 3.05) is 0 Å². The quantitative estimate of drug-likeness (QED) is 0.551. The van der Waals surface area contributed by atoms with E-state index < -0.39 is 0 Å². The van der Waals surface area contributed by atoms with Gasteiger partial charge in [0.15, 0.2) is 0 Å². The van der Waals surface area contributed by atoms with Crippen LogP contribution in [0.25, 0.3) is 12.2 Å². The lowest BCUT2D eigenvalue weighted by molar-refractivity contribution is 1.44. The van der Waals surface area contributed by atoms with E-state index in [1.54, 1.807) is 0 Å². The van der Waals surface area contributed by atoms with E-state index in [1.165, 1.54) is 11.1 Å². The zero-order chi connectivity index (χ0) is 9.52. The Balaban J connectivity index is 0.000000396. The van der Waals surface area contributed by atoms with E-state index >= 15 is 0 Å². The largest absolute Gasteiger partial charge is 0.0801 e. The lowest BCUT2D eigenvalue weighted by Crippen LogP contribution is -1.76. The summed E-state index contributed by atoms with van der Waals surface area (Å²) in [5.41, 5.74) is 2.64. The summed E-state index contributed by atoms with van der Waals surface area (Å²) in [4.78, 5) is 0. The SMILES string of the molecule is C1=Cc2ccccc2C=CC1.CC. The summed E-state index contributed by atoms with van der Waals surface area (Å²) in [7, 11) is 0. The molecule has 0 atom stereocenters. The van der Waals surface area contributed by atoms with Gasteiger partial charge in [-0.25, -0.2) is 0 Å². The van der Waals surface area contributed by atoms with Crippen molar-refractivity contribution in [2.24, 2.45) is 0 Å². The summed E-state index contributed by atoms with van der Waals surface area (Å²) in [6.07, 6.45) is 9.77. The van der Waals surface area contributed by atoms with Crippen LogP contribution in [0, 0.1) is 0 Å². The average molecular weight is 172 g/mol. The molecule has 13 heavy (non-hydrogen) atoms. The maximum Gasteiger partial charge on any atom is -0.0162 e. The normalized spacial score (nSPS) is 12.5. The molecular weight excluding hydrogens is 156 g/mol. The van der Waals surface area contributed by atoms with Gasteiger partial charge in [0, 0.05) is 0 Å². The highest BCUT2D eigenvalue weighted by Crippen LogP contribution is 2.15. The Morgan fingerprint density at radius 3 is 1.77 bits per heavy atom. The third-order valence-electron chi connectivity index (χ3n) is 1.86. The predicted molar refractivity (Wildman–Crippen MR) is 60.5 cm³/mol. The number of allylic oxidation sites excluding steroid dienone is 2. The number of hydrogen-bond donors (Lipinski definition) is 0. The van der Waals surface area contributed by atoms with Gasteiger partial charge in [-0.15, -0.1) is 0 Å². The Kier molecular flexibility index (Phi) is 4.04. The highest BCUT2D eigenvalue weighted by Gasteiger charge is 1.94. The second-order valence-corrected chi connectivity index (χ2v) is 2.67. The van der Waals surface area contributed by atoms with Gasteiger partial charge in [-0.2, -0.15) is 0 Å². The van der Waals surface area contributed by atoms with Crippen LogP contribution in [0.15, 0.2) is 36.4 Å². The molecule has 0 fully saturated rings. The zero-order valence-corrected chi connectivity index (χ0v) is 8.33. The molecule has 0 heterocycles. The summed E-state index contributed by atoms with van der Waals surface area (Å²) in [6, 6.07) is 8.42. The topological polar surface area (TPSA) is 0 Å². The van der Waals surface area contributed by atoms with E-state index in [4.69, 9.17) is 0 Å². The smallest absolute Gasteiger partial charge is 0.0162 e. The number of benzene rings is 1. The van der Waals surface area contributed by atoms with Crippen molar-refractivity contribution < 1.29 is 0 Å². The molecule has 0 N–H and O–H groups in total. The van der Waals surface area contributed by atoms with Crippen molar-refractivity contribution in [3.8, 4) is 0 Å². The van der Waals surface area contributed by atoms with Crippen molar-refractivity contribution in [3.63, 3.8) is 0 Å². The molecule has 0 heteroatoms. The van der Waals surface area contributed by atoms with Crippen molar-refractivity contribution >= 4 is 12.2 Å². The van der Waals surface area contributed by atoms with Gasteiger partial charge in [0.25, 0.3) is 0 Å². The Labute approximate surface area is 80.6 Å². The van der Waals surface area contributed by atoms with E-state index in [1.807, 2.05) is 13.8 Å². The van der Waals surface area contributed by atoms with Crippen LogP contribution in [0.5, 0.6) is 0 Å². The average Bonchev–Trinajstić information content (AvgIpc) is 2.45. The molecule has 0 spiro atoms. The minimum Gasteiger partial charge on any atom is -0.0801 e. The predicted octanol–water partition coefficient (Wildman–Crippen LogP) is 4.14. The minimum absolute atomic E-state index is 1.05. The molecule has 1 aromatic carbocycles. The zero-order valence-electron chi connectivity index (χ0n) is 8.33. The second kappa shape index (κ2) is 5.36. The van der Waals surface area contributed by atoms with Gasteiger partial charge in [0.2, 0.25) is 0 Å². The highest BCUT2D eigenvalue weighted by molar-refractivity contribution is 5.67. The fraction of sp³-hybridized carbons (Fsp3) is 0.231. The van der Waals surface area contributed by atoms with Crippen LogP contribution in [0.1, 0.15) is 31.4 Å². The molecule has 0 bridgehead atoms. The van der Waals surface area contributed by atoms with Gasteiger partial charge in [0.1, 0.15) is 0 Å². The monoisotopic (exact) mass is 172 g/mol. The summed E-state index contributed by atoms with van der Waals surface area (Å²) in [6.45, 7) is 4.00. The summed E-state index contributed by atoms with van der Waals surface area (Å²) in [5, 5.41) is 0. The first kappa shape index (κ1) is 9.79. The van der Waals surface area contributed by atoms with Crippen molar-refractivity contribution in [3.05, 3.63) is 47.5 Å². The molecule has 1 aromatic rings. The maximum absolute atomic E-state index is 2.18. The Morgan fingerprint density at radius 2 is 1.31 bits per heavy atom. The maximum atomic E-state index is 2.18. The molecule has 0 aliphatic heterocycles. The van der Waals surface area contributed by atoms with Gasteiger partial charge in [-0.1, -0.05) is 62.4 Å². The van der Waals surface area contributed by atoms with Crippen molar-refractivity contribution in [1.29, 1.82) is 0 Å². The van der Waals surface area contributed by atoms with Crippen LogP contribution in [-0.4, -0.2) is 0 Å². The van der Waals surface area contributed by atoms with Crippen LogP contribution in [0.4, 0.5) is 0 Å². The summed E-state index contributed by atoms with van der Waals surface area (Å²) >= 11 is 0. The molecule has 0 radical (unpaired) electrons. The minimum atomic E-state index is 1.05. The highest BCUT2D eigenvalue weighted by atomic mass is 14.0. The van der Waals surface area contributed by atoms with Crippen molar-refractivity contribution in [1.82, 2.24) is 0 Å². The third kappa shape index (κ3) is 2.59. The molecule has 0 aromatic heterocycles. The fourth-order valence-electron chi connectivity index (χ4n) is 1.28. The Morgan fingerprint density at radius 1 is 0.846 bits per heavy atom. The first-order valence-electron chi connectivity index (χ1n) is 4.89. The molecule has 0 unspecified atom stereocenters. The number of hydrogen-bond acceptors (Lipinski definition) is 0. The molecule has 0 amide bonds. The Bertz CT molecular complexity index is 275. The first-order valence-corrected chi connectivity index (χ1v) is 4.89. The molecule has 1 aliphatic carbocycles. The number of rotatable bonds is 0. The molecule has 0 saturated carbocycles. The van der Waals surface area contributed by atoms with Crippen LogP contribution >= 0.6 is 0 Å². The molecule has 1 aliphatic rings. The van der Waals surface area contributed by atoms with E-state index in [0.717, 1.165) is 6.42 Å². The van der Waals surface area contributed by atoms with Gasteiger partial charge >= 0.3 is 0 Å².